The average molecular weight is 244 g/mol. The van der Waals surface area contributed by atoms with Gasteiger partial charge in [-0.05, 0) is 6.42 Å². The third-order valence-electron chi connectivity index (χ3n) is 1.88. The normalized spacial score (nSPS) is 11.0. The van der Waals surface area contributed by atoms with E-state index in [0.717, 1.165) is 12.8 Å². The number of rotatable bonds is 8. The van der Waals surface area contributed by atoms with Gasteiger partial charge in [-0.25, -0.2) is 9.59 Å². The number of carbonyl (C=O) groups is 3. The van der Waals surface area contributed by atoms with Crippen molar-refractivity contribution in [1.29, 1.82) is 0 Å². The van der Waals surface area contributed by atoms with E-state index >= 15 is 0 Å². The summed E-state index contributed by atoms with van der Waals surface area (Å²) in [5, 5.41) is 16.9. The Morgan fingerprint density at radius 2 is 1.82 bits per heavy atom. The second-order valence-corrected chi connectivity index (χ2v) is 3.41. The minimum absolute atomic E-state index is 0.00722. The Labute approximate surface area is 98.9 Å². The first kappa shape index (κ1) is 15.2. The zero-order valence-corrected chi connectivity index (χ0v) is 9.64. The molecule has 0 aromatic carbocycles. The molecule has 0 rings (SSSR count). The average Bonchev–Trinajstić information content (AvgIpc) is 2.24. The smallest absolute Gasteiger partial charge is 0.341 e. The Bertz CT molecular complexity index is 318. The van der Waals surface area contributed by atoms with Gasteiger partial charge < -0.3 is 14.9 Å². The SMILES string of the molecule is CCCCC=C(CC(=O)O)C(=O)OCC(=O)O. The Kier molecular flexibility index (Phi) is 7.41. The predicted octanol–water partition coefficient (Wildman–Crippen LogP) is 1.21. The van der Waals surface area contributed by atoms with Crippen LogP contribution >= 0.6 is 0 Å². The molecule has 0 saturated heterocycles. The van der Waals surface area contributed by atoms with Crippen LogP contribution in [0.2, 0.25) is 0 Å². The summed E-state index contributed by atoms with van der Waals surface area (Å²) in [6, 6.07) is 0. The molecule has 2 N–H and O–H groups in total. The molecular weight excluding hydrogens is 228 g/mol. The van der Waals surface area contributed by atoms with Crippen molar-refractivity contribution in [3.05, 3.63) is 11.6 Å². The van der Waals surface area contributed by atoms with Crippen molar-refractivity contribution in [2.45, 2.75) is 32.6 Å². The van der Waals surface area contributed by atoms with Crippen molar-refractivity contribution in [3.8, 4) is 0 Å². The van der Waals surface area contributed by atoms with E-state index in [2.05, 4.69) is 4.74 Å². The molecule has 0 atom stereocenters. The molecule has 0 spiro atoms. The fourth-order valence-corrected chi connectivity index (χ4v) is 1.09. The van der Waals surface area contributed by atoms with E-state index in [0.29, 0.717) is 6.42 Å². The molecule has 0 aromatic rings. The Morgan fingerprint density at radius 1 is 1.18 bits per heavy atom. The molecule has 0 aliphatic heterocycles. The molecule has 6 nitrogen and oxygen atoms in total. The van der Waals surface area contributed by atoms with Crippen LogP contribution in [-0.2, 0) is 19.1 Å². The standard InChI is InChI=1S/C11H16O6/c1-2-3-4-5-8(6-9(12)13)11(16)17-7-10(14)15/h5H,2-4,6-7H2,1H3,(H,12,13)(H,14,15). The summed E-state index contributed by atoms with van der Waals surface area (Å²) >= 11 is 0. The number of unbranched alkanes of at least 4 members (excludes halogenated alkanes) is 2. The summed E-state index contributed by atoms with van der Waals surface area (Å²) in [4.78, 5) is 32.1. The minimum Gasteiger partial charge on any atom is -0.481 e. The quantitative estimate of drug-likeness (QED) is 0.378. The van der Waals surface area contributed by atoms with Crippen LogP contribution in [0, 0.1) is 0 Å². The van der Waals surface area contributed by atoms with Gasteiger partial charge in [0.25, 0.3) is 0 Å². The maximum Gasteiger partial charge on any atom is 0.341 e. The number of ether oxygens (including phenoxy) is 1. The second-order valence-electron chi connectivity index (χ2n) is 3.41. The molecule has 0 unspecified atom stereocenters. The molecule has 0 radical (unpaired) electrons. The molecule has 0 fully saturated rings. The molecule has 0 aliphatic carbocycles. The zero-order chi connectivity index (χ0) is 13.3. The molecule has 0 amide bonds. The number of allylic oxidation sites excluding steroid dienone is 1. The molecule has 0 aliphatic rings. The highest BCUT2D eigenvalue weighted by Crippen LogP contribution is 2.08. The lowest BCUT2D eigenvalue weighted by molar-refractivity contribution is -0.153. The van der Waals surface area contributed by atoms with Gasteiger partial charge in [-0.3, -0.25) is 4.79 Å². The van der Waals surface area contributed by atoms with Crippen LogP contribution in [0.4, 0.5) is 0 Å². The van der Waals surface area contributed by atoms with Crippen LogP contribution in [0.3, 0.4) is 0 Å². The van der Waals surface area contributed by atoms with Crippen LogP contribution in [0.5, 0.6) is 0 Å². The first-order valence-corrected chi connectivity index (χ1v) is 5.27. The van der Waals surface area contributed by atoms with E-state index in [9.17, 15) is 14.4 Å². The van der Waals surface area contributed by atoms with Gasteiger partial charge in [0.05, 0.1) is 6.42 Å². The monoisotopic (exact) mass is 244 g/mol. The Morgan fingerprint density at radius 3 is 2.29 bits per heavy atom. The van der Waals surface area contributed by atoms with Gasteiger partial charge >= 0.3 is 17.9 Å². The molecule has 0 aromatic heterocycles. The van der Waals surface area contributed by atoms with Crippen molar-refractivity contribution in [3.63, 3.8) is 0 Å². The first-order chi connectivity index (χ1) is 7.97. The largest absolute Gasteiger partial charge is 0.481 e. The van der Waals surface area contributed by atoms with Crippen molar-refractivity contribution in [2.24, 2.45) is 0 Å². The number of carbonyl (C=O) groups excluding carboxylic acids is 1. The van der Waals surface area contributed by atoms with Crippen molar-refractivity contribution < 1.29 is 29.3 Å². The fraction of sp³-hybridized carbons (Fsp3) is 0.545. The summed E-state index contributed by atoms with van der Waals surface area (Å²) in [7, 11) is 0. The second kappa shape index (κ2) is 8.32. The van der Waals surface area contributed by atoms with E-state index in [4.69, 9.17) is 10.2 Å². The van der Waals surface area contributed by atoms with E-state index in [1.54, 1.807) is 0 Å². The number of carboxylic acid groups (broad SMARTS) is 2. The van der Waals surface area contributed by atoms with Gasteiger partial charge in [0.15, 0.2) is 6.61 Å². The number of hydrogen-bond acceptors (Lipinski definition) is 4. The molecule has 0 saturated carbocycles. The highest BCUT2D eigenvalue weighted by atomic mass is 16.5. The molecule has 0 heterocycles. The lowest BCUT2D eigenvalue weighted by Gasteiger charge is -2.04. The Hall–Kier alpha value is -1.85. The van der Waals surface area contributed by atoms with Gasteiger partial charge in [-0.15, -0.1) is 0 Å². The fourth-order valence-electron chi connectivity index (χ4n) is 1.09. The van der Waals surface area contributed by atoms with E-state index in [1.807, 2.05) is 6.92 Å². The van der Waals surface area contributed by atoms with Crippen LogP contribution in [0.15, 0.2) is 11.6 Å². The van der Waals surface area contributed by atoms with Gasteiger partial charge in [-0.1, -0.05) is 25.8 Å². The molecule has 96 valence electrons. The lowest BCUT2D eigenvalue weighted by Crippen LogP contribution is -2.16. The van der Waals surface area contributed by atoms with Crippen molar-refractivity contribution >= 4 is 17.9 Å². The van der Waals surface area contributed by atoms with Gasteiger partial charge in [-0.2, -0.15) is 0 Å². The number of aliphatic carboxylic acids is 2. The summed E-state index contributed by atoms with van der Waals surface area (Å²) in [5.74, 6) is -3.31. The Balaban J connectivity index is 4.44. The minimum atomic E-state index is -1.28. The third kappa shape index (κ3) is 8.01. The summed E-state index contributed by atoms with van der Waals surface area (Å²) in [6.45, 7) is 1.21. The van der Waals surface area contributed by atoms with E-state index in [-0.39, 0.29) is 5.57 Å². The topological polar surface area (TPSA) is 101 Å². The molecule has 17 heavy (non-hydrogen) atoms. The summed E-state index contributed by atoms with van der Waals surface area (Å²) < 4.78 is 4.43. The summed E-state index contributed by atoms with van der Waals surface area (Å²) in [5.41, 5.74) is -0.00722. The zero-order valence-electron chi connectivity index (χ0n) is 9.64. The van der Waals surface area contributed by atoms with E-state index in [1.165, 1.54) is 6.08 Å². The third-order valence-corrected chi connectivity index (χ3v) is 1.88. The highest BCUT2D eigenvalue weighted by molar-refractivity contribution is 5.94. The van der Waals surface area contributed by atoms with Gasteiger partial charge in [0, 0.05) is 5.57 Å². The first-order valence-electron chi connectivity index (χ1n) is 5.27. The summed E-state index contributed by atoms with van der Waals surface area (Å²) in [6.07, 6.45) is 3.35. The van der Waals surface area contributed by atoms with Crippen LogP contribution < -0.4 is 0 Å². The predicted molar refractivity (Wildman–Crippen MR) is 58.5 cm³/mol. The number of esters is 1. The number of hydrogen-bond donors (Lipinski definition) is 2. The van der Waals surface area contributed by atoms with E-state index < -0.39 is 30.9 Å². The van der Waals surface area contributed by atoms with Crippen molar-refractivity contribution in [2.75, 3.05) is 6.61 Å². The maximum atomic E-state index is 11.4. The molecule has 0 bridgehead atoms. The lowest BCUT2D eigenvalue weighted by atomic mass is 10.1. The molecular formula is C11H16O6. The van der Waals surface area contributed by atoms with Gasteiger partial charge in [0.2, 0.25) is 0 Å². The number of carboxylic acids is 2. The van der Waals surface area contributed by atoms with Gasteiger partial charge in [0.1, 0.15) is 0 Å². The van der Waals surface area contributed by atoms with Crippen LogP contribution in [-0.4, -0.2) is 34.7 Å². The highest BCUT2D eigenvalue weighted by Gasteiger charge is 2.15. The molecule has 6 heteroatoms. The van der Waals surface area contributed by atoms with Crippen molar-refractivity contribution in [1.82, 2.24) is 0 Å². The van der Waals surface area contributed by atoms with Crippen LogP contribution in [0.1, 0.15) is 32.6 Å². The van der Waals surface area contributed by atoms with Crippen LogP contribution in [0.25, 0.3) is 0 Å². The maximum absolute atomic E-state index is 11.4.